The zero-order valence-electron chi connectivity index (χ0n) is 13.1. The van der Waals surface area contributed by atoms with Gasteiger partial charge in [0.25, 0.3) is 0 Å². The number of hydrogen-bond acceptors (Lipinski definition) is 7. The third kappa shape index (κ3) is 2.60. The highest BCUT2D eigenvalue weighted by atomic mass is 16.7. The molecule has 0 aromatic carbocycles. The molecule has 2 rings (SSSR count). The van der Waals surface area contributed by atoms with Gasteiger partial charge in [0.05, 0.1) is 12.7 Å². The van der Waals surface area contributed by atoms with Crippen molar-refractivity contribution in [3.63, 3.8) is 0 Å². The molecule has 1 heterocycles. The van der Waals surface area contributed by atoms with Gasteiger partial charge in [-0.05, 0) is 27.2 Å². The van der Waals surface area contributed by atoms with Crippen LogP contribution in [-0.2, 0) is 9.47 Å². The lowest BCUT2D eigenvalue weighted by molar-refractivity contribution is -0.354. The molecule has 1 saturated heterocycles. The largest absolute Gasteiger partial charge is 0.394 e. The maximum Gasteiger partial charge on any atom is 0.190 e. The molecule has 22 heavy (non-hydrogen) atoms. The van der Waals surface area contributed by atoms with Crippen molar-refractivity contribution in [2.75, 3.05) is 13.2 Å². The second-order valence-corrected chi connectivity index (χ2v) is 6.18. The van der Waals surface area contributed by atoms with Crippen LogP contribution in [0.25, 0.3) is 0 Å². The highest BCUT2D eigenvalue weighted by Gasteiger charge is 2.62. The topological polar surface area (TPSA) is 120 Å². The number of ether oxygens (including phenoxy) is 2. The summed E-state index contributed by atoms with van der Waals surface area (Å²) < 4.78 is 10.9. The van der Waals surface area contributed by atoms with Crippen molar-refractivity contribution in [3.05, 3.63) is 11.1 Å². The summed E-state index contributed by atoms with van der Waals surface area (Å²) in [7, 11) is 0. The summed E-state index contributed by atoms with van der Waals surface area (Å²) >= 11 is 0. The Hall–Kier alpha value is -0.540. The summed E-state index contributed by atoms with van der Waals surface area (Å²) in [4.78, 5) is 0. The van der Waals surface area contributed by atoms with Crippen LogP contribution in [0.15, 0.2) is 11.1 Å². The van der Waals surface area contributed by atoms with Gasteiger partial charge in [0.1, 0.15) is 18.3 Å². The van der Waals surface area contributed by atoms with Gasteiger partial charge in [-0.15, -0.1) is 0 Å². The third-order valence-corrected chi connectivity index (χ3v) is 4.89. The SMILES string of the molecule is CCO[C@@H]1O[C@H](CO)[C@@H](O)[C@H](O)[C@]1(O)C1C(C)=C(C)CC1O. The Morgan fingerprint density at radius 1 is 1.27 bits per heavy atom. The van der Waals surface area contributed by atoms with Crippen molar-refractivity contribution in [2.24, 2.45) is 5.92 Å². The molecule has 7 atom stereocenters. The molecule has 0 aromatic rings. The molecule has 0 saturated carbocycles. The van der Waals surface area contributed by atoms with Gasteiger partial charge in [-0.3, -0.25) is 0 Å². The second-order valence-electron chi connectivity index (χ2n) is 6.18. The van der Waals surface area contributed by atoms with E-state index in [1.807, 2.05) is 6.92 Å². The van der Waals surface area contributed by atoms with Crippen molar-refractivity contribution in [1.82, 2.24) is 0 Å². The average molecular weight is 318 g/mol. The van der Waals surface area contributed by atoms with Crippen molar-refractivity contribution in [2.45, 2.75) is 63.5 Å². The molecule has 5 N–H and O–H groups in total. The van der Waals surface area contributed by atoms with E-state index in [1.165, 1.54) is 0 Å². The van der Waals surface area contributed by atoms with Crippen LogP contribution in [0.2, 0.25) is 0 Å². The lowest BCUT2D eigenvalue weighted by Crippen LogP contribution is -2.71. The molecule has 2 unspecified atom stereocenters. The summed E-state index contributed by atoms with van der Waals surface area (Å²) in [5.41, 5.74) is -0.327. The highest BCUT2D eigenvalue weighted by molar-refractivity contribution is 5.28. The fourth-order valence-electron chi connectivity index (χ4n) is 3.57. The van der Waals surface area contributed by atoms with E-state index in [1.54, 1.807) is 13.8 Å². The first-order valence-corrected chi connectivity index (χ1v) is 7.59. The molecule has 0 radical (unpaired) electrons. The van der Waals surface area contributed by atoms with E-state index >= 15 is 0 Å². The Morgan fingerprint density at radius 3 is 2.36 bits per heavy atom. The molecule has 1 fully saturated rings. The van der Waals surface area contributed by atoms with Crippen molar-refractivity contribution >= 4 is 0 Å². The fourth-order valence-corrected chi connectivity index (χ4v) is 3.57. The van der Waals surface area contributed by atoms with Gasteiger partial charge in [-0.2, -0.15) is 0 Å². The second kappa shape index (κ2) is 6.52. The normalized spacial score (nSPS) is 46.4. The van der Waals surface area contributed by atoms with Gasteiger partial charge in [0.15, 0.2) is 11.9 Å². The summed E-state index contributed by atoms with van der Waals surface area (Å²) in [6, 6.07) is 0. The van der Waals surface area contributed by atoms with Crippen molar-refractivity contribution < 1.29 is 35.0 Å². The molecule has 2 aliphatic rings. The molecule has 0 spiro atoms. The molecule has 0 aromatic heterocycles. The van der Waals surface area contributed by atoms with Crippen LogP contribution in [0.3, 0.4) is 0 Å². The van der Waals surface area contributed by atoms with E-state index < -0.39 is 48.8 Å². The predicted molar refractivity (Wildman–Crippen MR) is 76.8 cm³/mol. The molecule has 1 aliphatic carbocycles. The Labute approximate surface area is 129 Å². The highest BCUT2D eigenvalue weighted by Crippen LogP contribution is 2.46. The molecule has 0 bridgehead atoms. The van der Waals surface area contributed by atoms with E-state index in [4.69, 9.17) is 9.47 Å². The van der Waals surface area contributed by atoms with Crippen LogP contribution in [-0.4, -0.2) is 75.1 Å². The van der Waals surface area contributed by atoms with Crippen LogP contribution in [0.1, 0.15) is 27.2 Å². The van der Waals surface area contributed by atoms with Crippen LogP contribution in [0, 0.1) is 5.92 Å². The minimum Gasteiger partial charge on any atom is -0.394 e. The zero-order chi connectivity index (χ0) is 16.7. The maximum absolute atomic E-state index is 11.1. The summed E-state index contributed by atoms with van der Waals surface area (Å²) in [5.74, 6) is -0.812. The minimum atomic E-state index is -2.00. The first-order valence-electron chi connectivity index (χ1n) is 7.59. The molecule has 1 aliphatic heterocycles. The Bertz CT molecular complexity index is 438. The molecular formula is C15H26O7. The summed E-state index contributed by atoms with van der Waals surface area (Å²) in [6.07, 6.45) is -5.93. The first kappa shape index (κ1) is 17.8. The lowest BCUT2D eigenvalue weighted by Gasteiger charge is -2.51. The van der Waals surface area contributed by atoms with E-state index in [0.717, 1.165) is 11.1 Å². The molecule has 0 amide bonds. The Kier molecular flexibility index (Phi) is 5.28. The quantitative estimate of drug-likeness (QED) is 0.418. The monoisotopic (exact) mass is 318 g/mol. The minimum absolute atomic E-state index is 0.207. The van der Waals surface area contributed by atoms with Gasteiger partial charge < -0.3 is 35.0 Å². The van der Waals surface area contributed by atoms with Gasteiger partial charge in [0, 0.05) is 12.5 Å². The van der Waals surface area contributed by atoms with Gasteiger partial charge in [-0.1, -0.05) is 11.1 Å². The molecular weight excluding hydrogens is 292 g/mol. The summed E-state index contributed by atoms with van der Waals surface area (Å²) in [5, 5.41) is 51.3. The van der Waals surface area contributed by atoms with E-state index in [0.29, 0.717) is 6.42 Å². The van der Waals surface area contributed by atoms with Crippen LogP contribution in [0.4, 0.5) is 0 Å². The third-order valence-electron chi connectivity index (χ3n) is 4.89. The molecule has 7 heteroatoms. The average Bonchev–Trinajstić information content (AvgIpc) is 2.73. The van der Waals surface area contributed by atoms with Crippen LogP contribution in [0.5, 0.6) is 0 Å². The maximum atomic E-state index is 11.1. The molecule has 7 nitrogen and oxygen atoms in total. The lowest BCUT2D eigenvalue weighted by atomic mass is 9.73. The predicted octanol–water partition coefficient (Wildman–Crippen LogP) is -1.09. The molecule has 128 valence electrons. The van der Waals surface area contributed by atoms with Gasteiger partial charge in [0.2, 0.25) is 0 Å². The Morgan fingerprint density at radius 2 is 1.91 bits per heavy atom. The van der Waals surface area contributed by atoms with Crippen molar-refractivity contribution in [1.29, 1.82) is 0 Å². The summed E-state index contributed by atoms with van der Waals surface area (Å²) in [6.45, 7) is 5.01. The van der Waals surface area contributed by atoms with Gasteiger partial charge in [-0.25, -0.2) is 0 Å². The zero-order valence-corrected chi connectivity index (χ0v) is 13.1. The van der Waals surface area contributed by atoms with Crippen LogP contribution < -0.4 is 0 Å². The smallest absolute Gasteiger partial charge is 0.190 e. The standard InChI is InChI=1S/C15H26O7/c1-4-21-14-15(20,11-8(3)7(2)5-9(11)17)13(19)12(18)10(6-16)22-14/h9-14,16-20H,4-6H2,1-3H3/t9?,10-,11?,12-,13+,14-,15-/m1/s1. The number of aliphatic hydroxyl groups is 5. The van der Waals surface area contributed by atoms with Crippen molar-refractivity contribution in [3.8, 4) is 0 Å². The van der Waals surface area contributed by atoms with Gasteiger partial charge >= 0.3 is 0 Å². The number of hydrogen-bond donors (Lipinski definition) is 5. The van der Waals surface area contributed by atoms with E-state index in [2.05, 4.69) is 0 Å². The van der Waals surface area contributed by atoms with Crippen LogP contribution >= 0.6 is 0 Å². The number of rotatable bonds is 4. The first-order chi connectivity index (χ1) is 10.3. The Balaban J connectivity index is 2.43. The van der Waals surface area contributed by atoms with E-state index in [-0.39, 0.29) is 6.61 Å². The number of aliphatic hydroxyl groups excluding tert-OH is 4. The van der Waals surface area contributed by atoms with E-state index in [9.17, 15) is 25.5 Å². The fraction of sp³-hybridized carbons (Fsp3) is 0.867.